The van der Waals surface area contributed by atoms with Gasteiger partial charge in [0.15, 0.2) is 12.4 Å². The number of aromatic amines is 1. The molecule has 0 amide bonds. The van der Waals surface area contributed by atoms with Gasteiger partial charge in [-0.3, -0.25) is 18.9 Å². The predicted molar refractivity (Wildman–Crippen MR) is 86.0 cm³/mol. The molecular formula is C9H14FN2O14P3. The summed E-state index contributed by atoms with van der Waals surface area (Å²) < 4.78 is 64.4. The summed E-state index contributed by atoms with van der Waals surface area (Å²) in [5, 5.41) is 9.81. The number of aromatic nitrogens is 2. The molecule has 1 aromatic heterocycles. The minimum atomic E-state index is -5.75. The second-order valence-electron chi connectivity index (χ2n) is 5.40. The molecule has 20 heteroatoms. The maximum atomic E-state index is 14.2. The number of nitrogens with zero attached hydrogens (tertiary/aromatic N) is 1. The molecule has 2 heterocycles. The number of ether oxygens (including phenoxy) is 1. The van der Waals surface area contributed by atoms with Crippen LogP contribution in [-0.4, -0.2) is 59.2 Å². The van der Waals surface area contributed by atoms with E-state index in [1.165, 1.54) is 0 Å². The van der Waals surface area contributed by atoms with Crippen LogP contribution in [0.1, 0.15) is 6.23 Å². The number of rotatable bonds is 8. The minimum absolute atomic E-state index is 0.583. The molecule has 3 unspecified atom stereocenters. The quantitative estimate of drug-likeness (QED) is 0.229. The summed E-state index contributed by atoms with van der Waals surface area (Å²) in [7, 11) is -16.9. The van der Waals surface area contributed by atoms with Crippen molar-refractivity contribution in [2.75, 3.05) is 6.61 Å². The van der Waals surface area contributed by atoms with Gasteiger partial charge in [-0.2, -0.15) is 8.62 Å². The molecule has 29 heavy (non-hydrogen) atoms. The highest BCUT2D eigenvalue weighted by Crippen LogP contribution is 2.66. The van der Waals surface area contributed by atoms with E-state index in [1.54, 1.807) is 0 Å². The smallest absolute Gasteiger partial charge is 0.387 e. The van der Waals surface area contributed by atoms with Gasteiger partial charge in [0.2, 0.25) is 0 Å². The fraction of sp³-hybridized carbons (Fsp3) is 0.556. The average Bonchev–Trinajstić information content (AvgIpc) is 2.78. The van der Waals surface area contributed by atoms with Crippen molar-refractivity contribution in [1.29, 1.82) is 0 Å². The lowest BCUT2D eigenvalue weighted by molar-refractivity contribution is -0.0482. The molecule has 0 bridgehead atoms. The highest BCUT2D eigenvalue weighted by molar-refractivity contribution is 7.66. The van der Waals surface area contributed by atoms with Crippen LogP contribution in [0, 0.1) is 0 Å². The van der Waals surface area contributed by atoms with Gasteiger partial charge in [0.25, 0.3) is 5.56 Å². The van der Waals surface area contributed by atoms with E-state index in [2.05, 4.69) is 13.1 Å². The van der Waals surface area contributed by atoms with Crippen molar-refractivity contribution in [3.63, 3.8) is 0 Å². The fourth-order valence-electron chi connectivity index (χ4n) is 2.16. The number of phosphoric acid groups is 3. The Bertz CT molecular complexity index is 1000. The third-order valence-corrected chi connectivity index (χ3v) is 7.04. The number of H-pyrrole nitrogens is 1. The van der Waals surface area contributed by atoms with Crippen LogP contribution in [0.2, 0.25) is 0 Å². The average molecular weight is 486 g/mol. The molecule has 0 saturated carbocycles. The minimum Gasteiger partial charge on any atom is -0.387 e. The summed E-state index contributed by atoms with van der Waals surface area (Å²) in [6.45, 7) is -1.13. The summed E-state index contributed by atoms with van der Waals surface area (Å²) >= 11 is 0. The van der Waals surface area contributed by atoms with Crippen molar-refractivity contribution < 1.29 is 60.6 Å². The van der Waals surface area contributed by atoms with Crippen molar-refractivity contribution in [1.82, 2.24) is 9.55 Å². The molecule has 166 valence electrons. The number of nitrogens with one attached hydrogen (secondary N) is 1. The molecule has 1 saturated heterocycles. The second-order valence-corrected chi connectivity index (χ2v) is 9.82. The molecule has 1 fully saturated rings. The van der Waals surface area contributed by atoms with E-state index in [0.29, 0.717) is 4.57 Å². The number of phosphoric ester groups is 1. The number of hydrogen-bond acceptors (Lipinski definition) is 10. The largest absolute Gasteiger partial charge is 0.490 e. The number of aliphatic hydroxyl groups excluding tert-OH is 1. The molecule has 0 aromatic carbocycles. The molecule has 0 spiro atoms. The highest BCUT2D eigenvalue weighted by atomic mass is 31.3. The van der Waals surface area contributed by atoms with E-state index in [9.17, 15) is 37.7 Å². The van der Waals surface area contributed by atoms with Gasteiger partial charge in [-0.1, -0.05) is 0 Å². The van der Waals surface area contributed by atoms with Gasteiger partial charge >= 0.3 is 29.2 Å². The van der Waals surface area contributed by atoms with Crippen LogP contribution in [-0.2, 0) is 31.6 Å². The topological polar surface area (TPSA) is 244 Å². The molecule has 1 aliphatic heterocycles. The molecule has 6 atom stereocenters. The van der Waals surface area contributed by atoms with E-state index in [-0.39, 0.29) is 0 Å². The first-order valence-electron chi connectivity index (χ1n) is 7.18. The van der Waals surface area contributed by atoms with Gasteiger partial charge in [0, 0.05) is 12.3 Å². The summed E-state index contributed by atoms with van der Waals surface area (Å²) in [4.78, 5) is 59.7. The molecular weight excluding hydrogens is 472 g/mol. The maximum absolute atomic E-state index is 14.2. The Balaban J connectivity index is 2.06. The van der Waals surface area contributed by atoms with E-state index < -0.39 is 65.9 Å². The van der Waals surface area contributed by atoms with E-state index in [1.807, 2.05) is 4.98 Å². The first-order valence-corrected chi connectivity index (χ1v) is 11.7. The molecule has 1 aromatic rings. The van der Waals surface area contributed by atoms with Crippen LogP contribution in [0.3, 0.4) is 0 Å². The maximum Gasteiger partial charge on any atom is 0.490 e. The first kappa shape index (κ1) is 24.2. The number of alkyl halides is 1. The van der Waals surface area contributed by atoms with Crippen molar-refractivity contribution in [3.05, 3.63) is 33.1 Å². The van der Waals surface area contributed by atoms with Crippen LogP contribution in [0.25, 0.3) is 0 Å². The predicted octanol–water partition coefficient (Wildman–Crippen LogP) is -1.52. The van der Waals surface area contributed by atoms with Crippen molar-refractivity contribution in [2.24, 2.45) is 0 Å². The van der Waals surface area contributed by atoms with Gasteiger partial charge in [0.1, 0.15) is 12.2 Å². The Kier molecular flexibility index (Phi) is 7.17. The standard InChI is InChI=1S/C9H14FN2O14P3/c10-6-7(14)4(24-8(6)12-2-1-5(13)11-9(12)15)3-23-28(19,20)26-29(21,22)25-27(16,17)18/h1-2,4,6-8,14H,3H2,(H,19,20)(H,21,22)(H,11,13,15)(H2,16,17,18)/t4-,6?,7+,8-/m1/s1. The highest BCUT2D eigenvalue weighted by Gasteiger charge is 2.47. The van der Waals surface area contributed by atoms with Crippen molar-refractivity contribution in [2.45, 2.75) is 24.6 Å². The van der Waals surface area contributed by atoms with Crippen molar-refractivity contribution >= 4 is 23.5 Å². The zero-order valence-electron chi connectivity index (χ0n) is 13.7. The Labute approximate surface area is 158 Å². The zero-order chi connectivity index (χ0) is 22.2. The third kappa shape index (κ3) is 6.72. The van der Waals surface area contributed by atoms with E-state index in [4.69, 9.17) is 19.4 Å². The number of halogens is 1. The first-order chi connectivity index (χ1) is 13.1. The van der Waals surface area contributed by atoms with E-state index >= 15 is 0 Å². The van der Waals surface area contributed by atoms with Gasteiger partial charge in [-0.05, 0) is 0 Å². The molecule has 1 aliphatic rings. The molecule has 2 rings (SSSR count). The summed E-state index contributed by atoms with van der Waals surface area (Å²) in [5.41, 5.74) is -1.87. The summed E-state index contributed by atoms with van der Waals surface area (Å²) in [5.74, 6) is 0. The molecule has 16 nitrogen and oxygen atoms in total. The number of aliphatic hydroxyl groups is 1. The Morgan fingerprint density at radius 3 is 2.31 bits per heavy atom. The Morgan fingerprint density at radius 2 is 1.76 bits per heavy atom. The zero-order valence-corrected chi connectivity index (χ0v) is 16.4. The van der Waals surface area contributed by atoms with Crippen LogP contribution in [0.4, 0.5) is 4.39 Å². The van der Waals surface area contributed by atoms with Gasteiger partial charge < -0.3 is 29.4 Å². The summed E-state index contributed by atoms with van der Waals surface area (Å²) in [6.07, 6.45) is -6.85. The van der Waals surface area contributed by atoms with Crippen LogP contribution < -0.4 is 11.2 Å². The lowest BCUT2D eigenvalue weighted by Gasteiger charge is -2.19. The Hall–Kier alpha value is -1.06. The van der Waals surface area contributed by atoms with Crippen LogP contribution in [0.15, 0.2) is 21.9 Å². The monoisotopic (exact) mass is 486 g/mol. The van der Waals surface area contributed by atoms with Gasteiger partial charge in [-0.15, -0.1) is 0 Å². The number of hydrogen-bond donors (Lipinski definition) is 6. The second kappa shape index (κ2) is 8.59. The third-order valence-electron chi connectivity index (χ3n) is 3.24. The van der Waals surface area contributed by atoms with Crippen LogP contribution in [0.5, 0.6) is 0 Å². The molecule has 0 radical (unpaired) electrons. The SMILES string of the molecule is O=c1ccn([C@@H]2O[C@H](COP(=O)(O)OP(=O)(O)OP(=O)(O)O)[C@H](O)C2F)c(=O)[nH]1. The lowest BCUT2D eigenvalue weighted by atomic mass is 10.1. The Morgan fingerprint density at radius 1 is 1.14 bits per heavy atom. The van der Waals surface area contributed by atoms with E-state index in [0.717, 1.165) is 12.3 Å². The van der Waals surface area contributed by atoms with Gasteiger partial charge in [0.05, 0.1) is 6.61 Å². The molecule has 6 N–H and O–H groups in total. The normalized spacial score (nSPS) is 29.3. The van der Waals surface area contributed by atoms with Gasteiger partial charge in [-0.25, -0.2) is 22.9 Å². The lowest BCUT2D eigenvalue weighted by Crippen LogP contribution is -2.35. The van der Waals surface area contributed by atoms with Crippen LogP contribution >= 0.6 is 23.5 Å². The van der Waals surface area contributed by atoms with Crippen molar-refractivity contribution in [3.8, 4) is 0 Å². The molecule has 0 aliphatic carbocycles. The summed E-state index contributed by atoms with van der Waals surface area (Å²) in [6, 6.07) is 0.864. The fourth-order valence-corrected chi connectivity index (χ4v) is 5.19.